The zero-order valence-electron chi connectivity index (χ0n) is 25.7. The fourth-order valence-electron chi connectivity index (χ4n) is 4.37. The minimum atomic E-state index is -1.52. The molecule has 1 aromatic heterocycles. The summed E-state index contributed by atoms with van der Waals surface area (Å²) in [6.07, 6.45) is 0.263. The second-order valence-corrected chi connectivity index (χ2v) is 10.9. The minimum Gasteiger partial charge on any atom is -0.383 e. The Hall–Kier alpha value is -4.96. The van der Waals surface area contributed by atoms with Gasteiger partial charge in [0.15, 0.2) is 17.8 Å². The summed E-state index contributed by atoms with van der Waals surface area (Å²) in [7, 11) is 3.10. The Morgan fingerprint density at radius 1 is 1.09 bits per heavy atom. The van der Waals surface area contributed by atoms with Gasteiger partial charge in [0.25, 0.3) is 11.8 Å². The molecule has 12 nitrogen and oxygen atoms in total. The molecule has 0 radical (unpaired) electrons. The first-order valence-corrected chi connectivity index (χ1v) is 14.3. The normalized spacial score (nSPS) is 13.3. The Morgan fingerprint density at radius 2 is 1.82 bits per heavy atom. The van der Waals surface area contributed by atoms with Crippen LogP contribution in [0.5, 0.6) is 0 Å². The number of carbonyl (C=O) groups is 4. The molecule has 0 bridgehead atoms. The number of nitrogens with zero attached hydrogens (tertiary/aromatic N) is 3. The summed E-state index contributed by atoms with van der Waals surface area (Å²) >= 11 is 0. The Kier molecular flexibility index (Phi) is 12.9. The van der Waals surface area contributed by atoms with E-state index in [9.17, 15) is 29.5 Å². The Balaban J connectivity index is 1.76. The molecule has 2 aromatic carbocycles. The number of likely N-dealkylation sites (N-methyl/N-ethyl adjacent to an activating group) is 1. The molecule has 0 aliphatic rings. The first kappa shape index (κ1) is 34.5. The third-order valence-corrected chi connectivity index (χ3v) is 6.90. The summed E-state index contributed by atoms with van der Waals surface area (Å²) in [4.78, 5) is 51.2. The molecule has 236 valence electrons. The number of aldehydes is 1. The number of aromatic nitrogens is 1. The van der Waals surface area contributed by atoms with E-state index in [2.05, 4.69) is 21.1 Å². The highest BCUT2D eigenvalue weighted by atomic mass is 16.5. The quantitative estimate of drug-likeness (QED) is 0.0807. The molecule has 45 heavy (non-hydrogen) atoms. The van der Waals surface area contributed by atoms with Gasteiger partial charge in [-0.15, -0.1) is 0 Å². The second kappa shape index (κ2) is 16.8. The maximum atomic E-state index is 13.5. The van der Waals surface area contributed by atoms with Crippen LogP contribution < -0.4 is 16.0 Å². The van der Waals surface area contributed by atoms with Crippen molar-refractivity contribution in [1.82, 2.24) is 26.0 Å². The summed E-state index contributed by atoms with van der Waals surface area (Å²) < 4.78 is 4.94. The van der Waals surface area contributed by atoms with Crippen molar-refractivity contribution in [1.29, 1.82) is 5.26 Å². The molecule has 4 N–H and O–H groups in total. The van der Waals surface area contributed by atoms with E-state index in [1.807, 2.05) is 37.3 Å². The van der Waals surface area contributed by atoms with Crippen molar-refractivity contribution in [2.45, 2.75) is 45.0 Å². The smallest absolute Gasteiger partial charge is 0.273 e. The summed E-state index contributed by atoms with van der Waals surface area (Å²) in [5.41, 5.74) is 3.03. The molecule has 0 aliphatic carbocycles. The van der Waals surface area contributed by atoms with Gasteiger partial charge in [0, 0.05) is 57.8 Å². The predicted octanol–water partition coefficient (Wildman–Crippen LogP) is 1.97. The Morgan fingerprint density at radius 3 is 2.44 bits per heavy atom. The van der Waals surface area contributed by atoms with Crippen LogP contribution in [-0.4, -0.2) is 84.4 Å². The van der Waals surface area contributed by atoms with Crippen LogP contribution in [0.4, 0.5) is 0 Å². The van der Waals surface area contributed by atoms with E-state index in [1.165, 1.54) is 17.0 Å². The van der Waals surface area contributed by atoms with Crippen LogP contribution >= 0.6 is 0 Å². The monoisotopic (exact) mass is 614 g/mol. The lowest BCUT2D eigenvalue weighted by molar-refractivity contribution is -0.124. The van der Waals surface area contributed by atoms with Crippen molar-refractivity contribution in [2.75, 3.05) is 27.2 Å². The van der Waals surface area contributed by atoms with E-state index in [1.54, 1.807) is 45.3 Å². The summed E-state index contributed by atoms with van der Waals surface area (Å²) in [5.74, 6) is -0.862. The molecule has 1 heterocycles. The van der Waals surface area contributed by atoms with Gasteiger partial charge in [-0.2, -0.15) is 5.26 Å². The molecule has 3 atom stereocenters. The van der Waals surface area contributed by atoms with Crippen LogP contribution in [0.25, 0.3) is 6.08 Å². The number of aliphatic hydroxyl groups is 1. The standard InChI is InChI=1S/C33H38N6O6/c1-21-8-10-23(11-9-21)17-35-18-27(36-19-29(31(42)20-40)37-32(43)28-12-22(2)45-38-28)15-30(41)25-7-5-6-24(13-25)14-26(16-34)33(44)39(3)4/h5-14,20,27,29,31,35-36,42H,15,17-19H2,1-4H3,(H,37,43)/t27-,29-,31-/m0/s1. The van der Waals surface area contributed by atoms with E-state index in [0.29, 0.717) is 36.3 Å². The van der Waals surface area contributed by atoms with Crippen molar-refractivity contribution in [3.63, 3.8) is 0 Å². The minimum absolute atomic E-state index is 0.00265. The summed E-state index contributed by atoms with van der Waals surface area (Å²) in [6.45, 7) is 4.48. The zero-order valence-corrected chi connectivity index (χ0v) is 25.7. The van der Waals surface area contributed by atoms with Crippen LogP contribution in [-0.2, 0) is 16.1 Å². The van der Waals surface area contributed by atoms with Crippen molar-refractivity contribution >= 4 is 30.0 Å². The number of hydrogen-bond donors (Lipinski definition) is 4. The van der Waals surface area contributed by atoms with Gasteiger partial charge >= 0.3 is 0 Å². The van der Waals surface area contributed by atoms with Crippen LogP contribution in [0.2, 0.25) is 0 Å². The fraction of sp³-hybridized carbons (Fsp3) is 0.333. The van der Waals surface area contributed by atoms with Crippen LogP contribution in [0.1, 0.15) is 49.7 Å². The average molecular weight is 615 g/mol. The number of carbonyl (C=O) groups excluding carboxylic acids is 4. The molecule has 3 rings (SSSR count). The average Bonchev–Trinajstić information content (AvgIpc) is 3.48. The first-order chi connectivity index (χ1) is 21.5. The number of rotatable bonds is 16. The van der Waals surface area contributed by atoms with Crippen LogP contribution in [0, 0.1) is 25.2 Å². The van der Waals surface area contributed by atoms with E-state index < -0.39 is 30.0 Å². The van der Waals surface area contributed by atoms with Crippen LogP contribution in [0.3, 0.4) is 0 Å². The number of hydrogen-bond acceptors (Lipinski definition) is 10. The largest absolute Gasteiger partial charge is 0.383 e. The Bertz CT molecular complexity index is 1560. The van der Waals surface area contributed by atoms with Gasteiger partial charge in [-0.05, 0) is 37.1 Å². The lowest BCUT2D eigenvalue weighted by Gasteiger charge is -2.25. The molecule has 0 unspecified atom stereocenters. The molecule has 0 aliphatic heterocycles. The maximum Gasteiger partial charge on any atom is 0.273 e. The highest BCUT2D eigenvalue weighted by Crippen LogP contribution is 2.14. The number of amides is 2. The zero-order chi connectivity index (χ0) is 32.9. The molecular formula is C33H38N6O6. The number of aliphatic hydroxyl groups excluding tert-OH is 1. The highest BCUT2D eigenvalue weighted by Gasteiger charge is 2.25. The number of nitrogens with one attached hydrogen (secondary N) is 3. The van der Waals surface area contributed by atoms with Crippen molar-refractivity contribution < 1.29 is 28.8 Å². The second-order valence-electron chi connectivity index (χ2n) is 10.9. The van der Waals surface area contributed by atoms with Crippen LogP contribution in [0.15, 0.2) is 64.7 Å². The highest BCUT2D eigenvalue weighted by molar-refractivity contribution is 6.02. The topological polar surface area (TPSA) is 178 Å². The molecular weight excluding hydrogens is 576 g/mol. The van der Waals surface area contributed by atoms with E-state index in [0.717, 1.165) is 11.1 Å². The number of aryl methyl sites for hydroxylation is 2. The van der Waals surface area contributed by atoms with Gasteiger partial charge in [-0.1, -0.05) is 53.2 Å². The number of benzene rings is 2. The molecule has 12 heteroatoms. The van der Waals surface area contributed by atoms with Gasteiger partial charge in [0.1, 0.15) is 23.5 Å². The third kappa shape index (κ3) is 10.6. The molecule has 0 saturated heterocycles. The van der Waals surface area contributed by atoms with E-state index in [4.69, 9.17) is 4.52 Å². The Labute approximate surface area is 262 Å². The van der Waals surface area contributed by atoms with Gasteiger partial charge in [0.05, 0.1) is 6.04 Å². The van der Waals surface area contributed by atoms with Crippen molar-refractivity contribution in [3.05, 3.63) is 93.9 Å². The number of Topliss-reactive ketones (excluding diaryl/α,β-unsaturated/α-hetero) is 1. The maximum absolute atomic E-state index is 13.5. The molecule has 0 spiro atoms. The fourth-order valence-corrected chi connectivity index (χ4v) is 4.37. The predicted molar refractivity (Wildman–Crippen MR) is 167 cm³/mol. The lowest BCUT2D eigenvalue weighted by Crippen LogP contribution is -2.53. The summed E-state index contributed by atoms with van der Waals surface area (Å²) in [5, 5.41) is 32.6. The van der Waals surface area contributed by atoms with Gasteiger partial charge in [-0.3, -0.25) is 14.4 Å². The van der Waals surface area contributed by atoms with E-state index in [-0.39, 0.29) is 30.0 Å². The van der Waals surface area contributed by atoms with Crippen molar-refractivity contribution in [2.24, 2.45) is 0 Å². The number of nitriles is 1. The molecule has 0 fully saturated rings. The van der Waals surface area contributed by atoms with E-state index >= 15 is 0 Å². The third-order valence-electron chi connectivity index (χ3n) is 6.90. The van der Waals surface area contributed by atoms with Gasteiger partial charge < -0.3 is 35.3 Å². The number of ketones is 1. The van der Waals surface area contributed by atoms with Gasteiger partial charge in [0.2, 0.25) is 0 Å². The SMILES string of the molecule is Cc1ccc(CNC[C@H](CC(=O)c2cccc(C=C(C#N)C(=O)N(C)C)c2)NC[C@H](NC(=O)c2cc(C)on2)[C@@H](O)C=O)cc1. The molecule has 0 saturated carbocycles. The first-order valence-electron chi connectivity index (χ1n) is 14.3. The lowest BCUT2D eigenvalue weighted by atomic mass is 10.00. The molecule has 2 amide bonds. The van der Waals surface area contributed by atoms with Gasteiger partial charge in [-0.25, -0.2) is 0 Å². The summed E-state index contributed by atoms with van der Waals surface area (Å²) in [6, 6.07) is 16.5. The molecule has 3 aromatic rings. The van der Waals surface area contributed by atoms with Crippen molar-refractivity contribution in [3.8, 4) is 6.07 Å².